The van der Waals surface area contributed by atoms with Crippen molar-refractivity contribution >= 4 is 11.7 Å². The molecule has 0 aliphatic rings. The molecule has 0 fully saturated rings. The third kappa shape index (κ3) is 5.42. The van der Waals surface area contributed by atoms with Crippen LogP contribution in [0.2, 0.25) is 0 Å². The number of benzene rings is 1. The summed E-state index contributed by atoms with van der Waals surface area (Å²) in [4.78, 5) is 16.4. The number of nitrogens with two attached hydrogens (primary N) is 1. The van der Waals surface area contributed by atoms with Crippen LogP contribution in [0.4, 0.5) is 10.5 Å². The van der Waals surface area contributed by atoms with Crippen LogP contribution in [-0.4, -0.2) is 30.8 Å². The van der Waals surface area contributed by atoms with Gasteiger partial charge in [0.1, 0.15) is 0 Å². The minimum absolute atomic E-state index is 0.355. The van der Waals surface area contributed by atoms with Crippen molar-refractivity contribution < 1.29 is 9.63 Å². The molecule has 102 valence electrons. The van der Waals surface area contributed by atoms with E-state index >= 15 is 0 Å². The number of nitrogens with zero attached hydrogens (tertiary/aromatic N) is 1. The van der Waals surface area contributed by atoms with Gasteiger partial charge in [-0.25, -0.2) is 9.86 Å². The van der Waals surface area contributed by atoms with Crippen molar-refractivity contribution in [3.8, 4) is 11.8 Å². The van der Waals surface area contributed by atoms with E-state index in [0.29, 0.717) is 5.69 Å². The van der Waals surface area contributed by atoms with Crippen LogP contribution >= 0.6 is 0 Å². The highest BCUT2D eigenvalue weighted by Gasteiger charge is 2.07. The fourth-order valence-electron chi connectivity index (χ4n) is 1.19. The van der Waals surface area contributed by atoms with Gasteiger partial charge in [-0.3, -0.25) is 4.84 Å². The van der Waals surface area contributed by atoms with Gasteiger partial charge >= 0.3 is 6.03 Å². The number of carbonyl (C=O) groups is 1. The maximum Gasteiger partial charge on any atom is 0.345 e. The maximum absolute atomic E-state index is 11.6. The Morgan fingerprint density at radius 3 is 2.74 bits per heavy atom. The number of rotatable bonds is 2. The Balaban J connectivity index is 2.83. The molecule has 0 heterocycles. The first-order valence-electron chi connectivity index (χ1n) is 5.83. The van der Waals surface area contributed by atoms with Gasteiger partial charge in [0.15, 0.2) is 0 Å². The van der Waals surface area contributed by atoms with Crippen LogP contribution in [0.1, 0.15) is 19.4 Å². The lowest BCUT2D eigenvalue weighted by molar-refractivity contribution is -0.0598. The third-order valence-electron chi connectivity index (χ3n) is 2.20. The lowest BCUT2D eigenvalue weighted by Gasteiger charge is -2.14. The quantitative estimate of drug-likeness (QED) is 0.630. The van der Waals surface area contributed by atoms with Crippen LogP contribution in [0.15, 0.2) is 24.3 Å². The summed E-state index contributed by atoms with van der Waals surface area (Å²) in [5.41, 5.74) is 6.68. The second-order valence-electron chi connectivity index (χ2n) is 4.66. The molecule has 0 aromatic heterocycles. The lowest BCUT2D eigenvalue weighted by Crippen LogP contribution is -2.30. The van der Waals surface area contributed by atoms with Gasteiger partial charge in [-0.05, 0) is 32.0 Å². The molecule has 5 heteroatoms. The summed E-state index contributed by atoms with van der Waals surface area (Å²) in [5.74, 6) is 5.90. The molecule has 19 heavy (non-hydrogen) atoms. The maximum atomic E-state index is 11.6. The molecule has 0 unspecified atom stereocenters. The van der Waals surface area contributed by atoms with E-state index in [1.807, 2.05) is 26.0 Å². The molecule has 0 saturated heterocycles. The second kappa shape index (κ2) is 6.23. The Kier molecular flexibility index (Phi) is 4.93. The fourth-order valence-corrected chi connectivity index (χ4v) is 1.19. The summed E-state index contributed by atoms with van der Waals surface area (Å²) in [6.45, 7) is 3.67. The smallest absolute Gasteiger partial charge is 0.316 e. The zero-order valence-corrected chi connectivity index (χ0v) is 11.7. The molecule has 0 spiro atoms. The molecule has 1 rings (SSSR count). The second-order valence-corrected chi connectivity index (χ2v) is 4.66. The summed E-state index contributed by atoms with van der Waals surface area (Å²) in [6, 6.07) is 6.87. The number of carbonyl (C=O) groups excluding carboxylic acids is 1. The van der Waals surface area contributed by atoms with Crippen molar-refractivity contribution in [3.63, 3.8) is 0 Å². The third-order valence-corrected chi connectivity index (χ3v) is 2.20. The first-order valence-corrected chi connectivity index (χ1v) is 5.83. The topological polar surface area (TPSA) is 67.6 Å². The van der Waals surface area contributed by atoms with Crippen LogP contribution in [0.5, 0.6) is 0 Å². The van der Waals surface area contributed by atoms with E-state index in [1.54, 1.807) is 12.1 Å². The molecule has 2 amide bonds. The molecule has 0 bridgehead atoms. The van der Waals surface area contributed by atoms with Gasteiger partial charge in [0, 0.05) is 18.3 Å². The predicted molar refractivity (Wildman–Crippen MR) is 75.4 cm³/mol. The highest BCUT2D eigenvalue weighted by Crippen LogP contribution is 2.10. The number of urea groups is 1. The fraction of sp³-hybridized carbons (Fsp3) is 0.357. The van der Waals surface area contributed by atoms with Crippen LogP contribution < -0.4 is 11.1 Å². The average Bonchev–Trinajstić information content (AvgIpc) is 2.35. The van der Waals surface area contributed by atoms with E-state index in [1.165, 1.54) is 14.2 Å². The Morgan fingerprint density at radius 2 is 2.16 bits per heavy atom. The number of hydrogen-bond donors (Lipinski definition) is 2. The number of amides is 2. The zero-order valence-electron chi connectivity index (χ0n) is 11.7. The number of hydroxylamine groups is 2. The Hall–Kier alpha value is -2.03. The minimum Gasteiger partial charge on any atom is -0.316 e. The van der Waals surface area contributed by atoms with Crippen LogP contribution in [0.25, 0.3) is 0 Å². The van der Waals surface area contributed by atoms with Crippen molar-refractivity contribution in [2.24, 2.45) is 5.73 Å². The highest BCUT2D eigenvalue weighted by atomic mass is 16.7. The minimum atomic E-state index is -0.546. The molecular weight excluding hydrogens is 242 g/mol. The standard InChI is InChI=1S/C14H19N3O2/c1-14(2,15)9-8-11-6-5-7-12(10-11)16-13(18)17(3)19-4/h5-7,10H,15H2,1-4H3,(H,16,18). The van der Waals surface area contributed by atoms with Gasteiger partial charge in [0.2, 0.25) is 0 Å². The molecule has 1 aromatic carbocycles. The van der Waals surface area contributed by atoms with Crippen LogP contribution in [-0.2, 0) is 4.84 Å². The molecule has 5 nitrogen and oxygen atoms in total. The molecule has 0 aliphatic heterocycles. The van der Waals surface area contributed by atoms with E-state index in [0.717, 1.165) is 10.6 Å². The van der Waals surface area contributed by atoms with E-state index in [9.17, 15) is 4.79 Å². The van der Waals surface area contributed by atoms with E-state index < -0.39 is 5.54 Å². The van der Waals surface area contributed by atoms with Crippen molar-refractivity contribution in [3.05, 3.63) is 29.8 Å². The molecule has 0 radical (unpaired) electrons. The summed E-state index contributed by atoms with van der Waals surface area (Å²) < 4.78 is 0. The summed E-state index contributed by atoms with van der Waals surface area (Å²) in [6.07, 6.45) is 0. The first kappa shape index (κ1) is 15.0. The van der Waals surface area contributed by atoms with Gasteiger partial charge in [0.05, 0.1) is 12.6 Å². The number of hydrogen-bond acceptors (Lipinski definition) is 3. The molecule has 1 aromatic rings. The normalized spacial score (nSPS) is 10.4. The molecule has 3 N–H and O–H groups in total. The lowest BCUT2D eigenvalue weighted by atomic mass is 10.1. The molecular formula is C14H19N3O2. The van der Waals surface area contributed by atoms with Gasteiger partial charge in [-0.15, -0.1) is 0 Å². The van der Waals surface area contributed by atoms with Crippen LogP contribution in [0, 0.1) is 11.8 Å². The van der Waals surface area contributed by atoms with Gasteiger partial charge in [-0.2, -0.15) is 0 Å². The van der Waals surface area contributed by atoms with Gasteiger partial charge in [0.25, 0.3) is 0 Å². The molecule has 0 aliphatic carbocycles. The SMILES string of the molecule is CON(C)C(=O)Nc1cccc(C#CC(C)(C)N)c1. The molecule has 0 saturated carbocycles. The molecule has 0 atom stereocenters. The predicted octanol–water partition coefficient (Wildman–Crippen LogP) is 1.80. The average molecular weight is 261 g/mol. The van der Waals surface area contributed by atoms with Crippen molar-refractivity contribution in [1.82, 2.24) is 5.06 Å². The largest absolute Gasteiger partial charge is 0.345 e. The summed E-state index contributed by atoms with van der Waals surface area (Å²) >= 11 is 0. The van der Waals surface area contributed by atoms with Crippen molar-refractivity contribution in [1.29, 1.82) is 0 Å². The van der Waals surface area contributed by atoms with E-state index in [4.69, 9.17) is 10.6 Å². The Bertz CT molecular complexity index is 509. The summed E-state index contributed by atoms with van der Waals surface area (Å²) in [7, 11) is 2.95. The zero-order chi connectivity index (χ0) is 14.5. The number of nitrogens with one attached hydrogen (secondary N) is 1. The monoisotopic (exact) mass is 261 g/mol. The van der Waals surface area contributed by atoms with Crippen molar-refractivity contribution in [2.75, 3.05) is 19.5 Å². The van der Waals surface area contributed by atoms with Crippen molar-refractivity contribution in [2.45, 2.75) is 19.4 Å². The first-order chi connectivity index (χ1) is 8.81. The number of anilines is 1. The Labute approximate surface area is 113 Å². The van der Waals surface area contributed by atoms with Gasteiger partial charge in [-0.1, -0.05) is 17.9 Å². The summed E-state index contributed by atoms with van der Waals surface area (Å²) in [5, 5.41) is 3.79. The van der Waals surface area contributed by atoms with Gasteiger partial charge < -0.3 is 11.1 Å². The highest BCUT2D eigenvalue weighted by molar-refractivity contribution is 5.88. The Morgan fingerprint density at radius 1 is 1.47 bits per heavy atom. The van der Waals surface area contributed by atoms with E-state index in [-0.39, 0.29) is 6.03 Å². The van der Waals surface area contributed by atoms with E-state index in [2.05, 4.69) is 17.2 Å². The van der Waals surface area contributed by atoms with Crippen LogP contribution in [0.3, 0.4) is 0 Å².